The largest absolute Gasteiger partial charge is 0.381 e. The van der Waals surface area contributed by atoms with E-state index in [0.717, 1.165) is 12.8 Å². The molecule has 2 fully saturated rings. The molecule has 2 heterocycles. The maximum absolute atomic E-state index is 12.2. The van der Waals surface area contributed by atoms with Gasteiger partial charge in [-0.2, -0.15) is 0 Å². The number of nitrogens with one attached hydrogen (secondary N) is 1. The second-order valence-corrected chi connectivity index (χ2v) is 4.88. The van der Waals surface area contributed by atoms with Crippen molar-refractivity contribution in [2.45, 2.75) is 12.8 Å². The highest BCUT2D eigenvalue weighted by molar-refractivity contribution is 7.80. The van der Waals surface area contributed by atoms with Crippen molar-refractivity contribution in [3.05, 3.63) is 24.3 Å². The Kier molecular flexibility index (Phi) is 4.44. The molecule has 2 rings (SSSR count). The normalized spacial score (nSPS) is 23.7. The molecule has 0 aromatic carbocycles. The molecular weight excluding hydrogens is 264 g/mol. The van der Waals surface area contributed by atoms with Crippen LogP contribution in [0.15, 0.2) is 24.3 Å². The van der Waals surface area contributed by atoms with Crippen molar-refractivity contribution in [1.82, 2.24) is 10.2 Å². The highest BCUT2D eigenvalue weighted by Gasteiger charge is 2.33. The number of allylic oxidation sites excluding steroid dienone is 1. The number of ether oxygens (including phenoxy) is 1. The van der Waals surface area contributed by atoms with Crippen LogP contribution in [0.25, 0.3) is 0 Å². The summed E-state index contributed by atoms with van der Waals surface area (Å²) in [6.45, 7) is 5.21. The highest BCUT2D eigenvalue weighted by atomic mass is 32.1. The molecule has 102 valence electrons. The molecule has 1 N–H and O–H groups in total. The average Bonchev–Trinajstić information content (AvgIpc) is 2.41. The fraction of sp³-hybridized carbons (Fsp3) is 0.462. The van der Waals surface area contributed by atoms with Gasteiger partial charge in [0.15, 0.2) is 5.11 Å². The zero-order valence-corrected chi connectivity index (χ0v) is 11.4. The summed E-state index contributed by atoms with van der Waals surface area (Å²) in [5.41, 5.74) is 0.169. The molecule has 2 aliphatic heterocycles. The lowest BCUT2D eigenvalue weighted by Gasteiger charge is -2.29. The fourth-order valence-electron chi connectivity index (χ4n) is 2.13. The van der Waals surface area contributed by atoms with Crippen molar-refractivity contribution in [3.63, 3.8) is 0 Å². The Labute approximate surface area is 117 Å². The van der Waals surface area contributed by atoms with Crippen LogP contribution in [0.2, 0.25) is 0 Å². The van der Waals surface area contributed by atoms with Gasteiger partial charge in [0.2, 0.25) is 0 Å². The van der Waals surface area contributed by atoms with E-state index < -0.39 is 5.91 Å². The van der Waals surface area contributed by atoms with Gasteiger partial charge in [0.1, 0.15) is 5.57 Å². The lowest BCUT2D eigenvalue weighted by atomic mass is 9.96. The van der Waals surface area contributed by atoms with Crippen LogP contribution < -0.4 is 5.32 Å². The summed E-state index contributed by atoms with van der Waals surface area (Å²) in [7, 11) is 0. The van der Waals surface area contributed by atoms with Crippen LogP contribution in [0.5, 0.6) is 0 Å². The number of hydrogen-bond donors (Lipinski definition) is 1. The second kappa shape index (κ2) is 6.08. The lowest BCUT2D eigenvalue weighted by molar-refractivity contribution is -0.128. The first kappa shape index (κ1) is 13.9. The topological polar surface area (TPSA) is 58.6 Å². The molecule has 2 amide bonds. The van der Waals surface area contributed by atoms with Crippen molar-refractivity contribution in [2.75, 3.05) is 19.8 Å². The molecule has 19 heavy (non-hydrogen) atoms. The predicted molar refractivity (Wildman–Crippen MR) is 74.3 cm³/mol. The Morgan fingerprint density at radius 3 is 2.74 bits per heavy atom. The molecule has 6 heteroatoms. The van der Waals surface area contributed by atoms with Crippen LogP contribution in [0, 0.1) is 5.92 Å². The summed E-state index contributed by atoms with van der Waals surface area (Å²) in [5.74, 6) is -0.558. The maximum atomic E-state index is 12.2. The standard InChI is InChI=1S/C13H16N2O3S/c1-2-5-15-12(17)10(11(16)14-13(15)19)8-9-3-6-18-7-4-9/h2,8-9H,1,3-7H2,(H,14,16,19)/b10-8+. The van der Waals surface area contributed by atoms with Gasteiger partial charge in [-0.05, 0) is 31.0 Å². The summed E-state index contributed by atoms with van der Waals surface area (Å²) in [5, 5.41) is 2.67. The van der Waals surface area contributed by atoms with Crippen LogP contribution >= 0.6 is 12.2 Å². The molecule has 0 aromatic heterocycles. The van der Waals surface area contributed by atoms with Gasteiger partial charge in [-0.15, -0.1) is 6.58 Å². The number of rotatable bonds is 3. The van der Waals surface area contributed by atoms with E-state index in [1.807, 2.05) is 0 Å². The number of thiocarbonyl (C=S) groups is 1. The van der Waals surface area contributed by atoms with Crippen LogP contribution in [0.1, 0.15) is 12.8 Å². The van der Waals surface area contributed by atoms with E-state index in [4.69, 9.17) is 17.0 Å². The van der Waals surface area contributed by atoms with E-state index in [2.05, 4.69) is 11.9 Å². The minimum Gasteiger partial charge on any atom is -0.381 e. The first-order valence-electron chi connectivity index (χ1n) is 6.21. The first-order chi connectivity index (χ1) is 9.13. The van der Waals surface area contributed by atoms with Gasteiger partial charge in [-0.1, -0.05) is 12.2 Å². The maximum Gasteiger partial charge on any atom is 0.265 e. The molecule has 2 saturated heterocycles. The first-order valence-corrected chi connectivity index (χ1v) is 6.62. The summed E-state index contributed by atoms with van der Waals surface area (Å²) in [4.78, 5) is 25.4. The molecule has 2 aliphatic rings. The van der Waals surface area contributed by atoms with Crippen molar-refractivity contribution in [1.29, 1.82) is 0 Å². The SMILES string of the molecule is C=CCN1C(=O)/C(=C/C2CCOCC2)C(=O)NC1=S. The van der Waals surface area contributed by atoms with Gasteiger partial charge in [-0.25, -0.2) is 0 Å². The molecule has 0 unspecified atom stereocenters. The van der Waals surface area contributed by atoms with Crippen molar-refractivity contribution < 1.29 is 14.3 Å². The smallest absolute Gasteiger partial charge is 0.265 e. The molecule has 0 bridgehead atoms. The van der Waals surface area contributed by atoms with Gasteiger partial charge >= 0.3 is 0 Å². The summed E-state index contributed by atoms with van der Waals surface area (Å²) in [6.07, 6.45) is 4.98. The Bertz CT molecular complexity index is 453. The zero-order valence-electron chi connectivity index (χ0n) is 10.6. The van der Waals surface area contributed by atoms with Crippen molar-refractivity contribution in [3.8, 4) is 0 Å². The Hall–Kier alpha value is -1.53. The van der Waals surface area contributed by atoms with Gasteiger partial charge < -0.3 is 4.74 Å². The van der Waals surface area contributed by atoms with Crippen LogP contribution in [0.4, 0.5) is 0 Å². The predicted octanol–water partition coefficient (Wildman–Crippen LogP) is 0.769. The Morgan fingerprint density at radius 1 is 1.42 bits per heavy atom. The van der Waals surface area contributed by atoms with E-state index >= 15 is 0 Å². The van der Waals surface area contributed by atoms with E-state index in [1.165, 1.54) is 4.90 Å². The molecule has 0 aliphatic carbocycles. The summed E-state index contributed by atoms with van der Waals surface area (Å²) < 4.78 is 5.26. The third-order valence-corrected chi connectivity index (χ3v) is 3.49. The third-order valence-electron chi connectivity index (χ3n) is 3.17. The van der Waals surface area contributed by atoms with E-state index in [-0.39, 0.29) is 22.5 Å². The van der Waals surface area contributed by atoms with E-state index in [0.29, 0.717) is 19.8 Å². The monoisotopic (exact) mass is 280 g/mol. The third kappa shape index (κ3) is 3.08. The molecule has 0 saturated carbocycles. The summed E-state index contributed by atoms with van der Waals surface area (Å²) in [6, 6.07) is 0. The minimum absolute atomic E-state index is 0.138. The molecule has 0 spiro atoms. The van der Waals surface area contributed by atoms with Crippen LogP contribution in [-0.4, -0.2) is 41.6 Å². The second-order valence-electron chi connectivity index (χ2n) is 4.49. The van der Waals surface area contributed by atoms with Gasteiger partial charge in [0.05, 0.1) is 0 Å². The van der Waals surface area contributed by atoms with Crippen molar-refractivity contribution in [2.24, 2.45) is 5.92 Å². The number of nitrogens with zero attached hydrogens (tertiary/aromatic N) is 1. The number of carbonyl (C=O) groups is 2. The molecule has 5 nitrogen and oxygen atoms in total. The Morgan fingerprint density at radius 2 is 2.11 bits per heavy atom. The van der Waals surface area contributed by atoms with Gasteiger partial charge in [0.25, 0.3) is 11.8 Å². The Balaban J connectivity index is 2.19. The van der Waals surface area contributed by atoms with E-state index in [1.54, 1.807) is 12.2 Å². The van der Waals surface area contributed by atoms with Gasteiger partial charge in [0, 0.05) is 19.8 Å². The fourth-order valence-corrected chi connectivity index (χ4v) is 2.38. The molecule has 0 aromatic rings. The highest BCUT2D eigenvalue weighted by Crippen LogP contribution is 2.20. The quantitative estimate of drug-likeness (QED) is 0.359. The van der Waals surface area contributed by atoms with Gasteiger partial charge in [-0.3, -0.25) is 19.8 Å². The molecular formula is C13H16N2O3S. The summed E-state index contributed by atoms with van der Waals surface area (Å²) >= 11 is 4.98. The van der Waals surface area contributed by atoms with Crippen molar-refractivity contribution >= 4 is 29.1 Å². The number of carbonyl (C=O) groups excluding carboxylic acids is 2. The van der Waals surface area contributed by atoms with Crippen LogP contribution in [-0.2, 0) is 14.3 Å². The molecule has 0 radical (unpaired) electrons. The zero-order chi connectivity index (χ0) is 13.8. The average molecular weight is 280 g/mol. The van der Waals surface area contributed by atoms with Crippen LogP contribution in [0.3, 0.4) is 0 Å². The van der Waals surface area contributed by atoms with E-state index in [9.17, 15) is 9.59 Å². The molecule has 0 atom stereocenters. The number of hydrogen-bond acceptors (Lipinski definition) is 4. The lowest BCUT2D eigenvalue weighted by Crippen LogP contribution is -2.54. The number of amides is 2. The minimum atomic E-state index is -0.415.